The van der Waals surface area contributed by atoms with Crippen molar-refractivity contribution in [1.82, 2.24) is 4.90 Å². The molecule has 2 aromatic carbocycles. The summed E-state index contributed by atoms with van der Waals surface area (Å²) in [6, 6.07) is 14.9. The van der Waals surface area contributed by atoms with Crippen LogP contribution in [0.1, 0.15) is 48.0 Å². The lowest BCUT2D eigenvalue weighted by Gasteiger charge is -2.31. The molecular weight excluding hydrogens is 364 g/mol. The van der Waals surface area contributed by atoms with Crippen molar-refractivity contribution in [1.29, 1.82) is 0 Å². The Bertz CT molecular complexity index is 885. The molecule has 0 atom stereocenters. The Morgan fingerprint density at radius 3 is 2.48 bits per heavy atom. The second kappa shape index (κ2) is 9.92. The van der Waals surface area contributed by atoms with Gasteiger partial charge in [0.2, 0.25) is 5.91 Å². The lowest BCUT2D eigenvalue weighted by molar-refractivity contribution is -0.111. The quantitative estimate of drug-likeness (QED) is 0.722. The van der Waals surface area contributed by atoms with Gasteiger partial charge >= 0.3 is 0 Å². The molecule has 29 heavy (non-hydrogen) atoms. The number of ether oxygens (including phenoxy) is 1. The Balaban J connectivity index is 1.72. The molecule has 152 valence electrons. The highest BCUT2D eigenvalue weighted by Crippen LogP contribution is 2.25. The highest BCUT2D eigenvalue weighted by molar-refractivity contribution is 6.07. The zero-order valence-electron chi connectivity index (χ0n) is 17.1. The van der Waals surface area contributed by atoms with Gasteiger partial charge in [0.1, 0.15) is 5.75 Å². The van der Waals surface area contributed by atoms with E-state index in [9.17, 15) is 9.59 Å². The molecule has 1 saturated carbocycles. The summed E-state index contributed by atoms with van der Waals surface area (Å²) in [4.78, 5) is 27.3. The zero-order chi connectivity index (χ0) is 20.6. The lowest BCUT2D eigenvalue weighted by Crippen LogP contribution is -2.38. The van der Waals surface area contributed by atoms with E-state index in [0.29, 0.717) is 17.0 Å². The highest BCUT2D eigenvalue weighted by Gasteiger charge is 2.24. The molecule has 1 fully saturated rings. The fraction of sp³-hybridized carbons (Fsp3) is 0.333. The second-order valence-electron chi connectivity index (χ2n) is 7.32. The number of nitrogens with one attached hydrogen (secondary N) is 1. The summed E-state index contributed by atoms with van der Waals surface area (Å²) in [5, 5.41) is 2.84. The van der Waals surface area contributed by atoms with Crippen molar-refractivity contribution in [3.05, 3.63) is 65.7 Å². The van der Waals surface area contributed by atoms with Crippen LogP contribution in [0.25, 0.3) is 6.08 Å². The summed E-state index contributed by atoms with van der Waals surface area (Å²) in [5.41, 5.74) is 1.85. The van der Waals surface area contributed by atoms with Gasteiger partial charge in [0.15, 0.2) is 0 Å². The molecule has 0 unspecified atom stereocenters. The van der Waals surface area contributed by atoms with Crippen LogP contribution in [0.4, 0.5) is 5.69 Å². The number of anilines is 1. The molecule has 0 heterocycles. The lowest BCUT2D eigenvalue weighted by atomic mass is 9.94. The normalized spacial score (nSPS) is 14.6. The number of methoxy groups -OCH3 is 1. The molecule has 0 bridgehead atoms. The Kier molecular flexibility index (Phi) is 7.06. The van der Waals surface area contributed by atoms with E-state index in [1.54, 1.807) is 25.3 Å². The van der Waals surface area contributed by atoms with Crippen molar-refractivity contribution in [2.24, 2.45) is 0 Å². The number of carbonyl (C=O) groups excluding carboxylic acids is 2. The molecule has 0 spiro atoms. The van der Waals surface area contributed by atoms with Crippen molar-refractivity contribution in [2.75, 3.05) is 19.5 Å². The zero-order valence-corrected chi connectivity index (χ0v) is 17.1. The molecule has 3 rings (SSSR count). The van der Waals surface area contributed by atoms with Crippen LogP contribution in [-0.2, 0) is 4.79 Å². The molecule has 5 heteroatoms. The number of amides is 2. The van der Waals surface area contributed by atoms with Crippen LogP contribution in [0.3, 0.4) is 0 Å². The van der Waals surface area contributed by atoms with E-state index in [4.69, 9.17) is 4.74 Å². The molecule has 0 aromatic heterocycles. The number of benzene rings is 2. The monoisotopic (exact) mass is 392 g/mol. The summed E-state index contributed by atoms with van der Waals surface area (Å²) in [6.45, 7) is 0. The minimum atomic E-state index is -0.295. The summed E-state index contributed by atoms with van der Waals surface area (Å²) < 4.78 is 5.30. The van der Waals surface area contributed by atoms with Crippen LogP contribution in [-0.4, -0.2) is 36.9 Å². The molecule has 0 saturated heterocycles. The predicted octanol–water partition coefficient (Wildman–Crippen LogP) is 4.75. The maximum atomic E-state index is 13.0. The molecule has 0 aliphatic heterocycles. The SMILES string of the molecule is COc1ccccc1/C=C/C(=O)Nc1ccccc1C(=O)N(C)C1CCCCC1. The van der Waals surface area contributed by atoms with Crippen LogP contribution >= 0.6 is 0 Å². The standard InChI is InChI=1S/C24H28N2O3/c1-26(19-11-4-3-5-12-19)24(28)20-13-7-8-14-21(20)25-23(27)17-16-18-10-6-9-15-22(18)29-2/h6-10,13-17,19H,3-5,11-12H2,1-2H3,(H,25,27)/b17-16+. The summed E-state index contributed by atoms with van der Waals surface area (Å²) in [6.07, 6.45) is 8.79. The van der Waals surface area contributed by atoms with Gasteiger partial charge in [-0.05, 0) is 37.1 Å². The minimum Gasteiger partial charge on any atom is -0.496 e. The molecule has 2 amide bonds. The number of para-hydroxylation sites is 2. The maximum absolute atomic E-state index is 13.0. The number of hydrogen-bond acceptors (Lipinski definition) is 3. The predicted molar refractivity (Wildman–Crippen MR) is 116 cm³/mol. The third-order valence-electron chi connectivity index (χ3n) is 5.41. The Morgan fingerprint density at radius 1 is 1.03 bits per heavy atom. The van der Waals surface area contributed by atoms with Gasteiger partial charge in [0, 0.05) is 24.7 Å². The van der Waals surface area contributed by atoms with Gasteiger partial charge in [0.25, 0.3) is 5.91 Å². The Labute approximate surface area is 172 Å². The minimum absolute atomic E-state index is 0.0542. The van der Waals surface area contributed by atoms with Crippen LogP contribution in [0.2, 0.25) is 0 Å². The topological polar surface area (TPSA) is 58.6 Å². The number of rotatable bonds is 6. The second-order valence-corrected chi connectivity index (χ2v) is 7.32. The third kappa shape index (κ3) is 5.25. The van der Waals surface area contributed by atoms with Gasteiger partial charge in [-0.2, -0.15) is 0 Å². The fourth-order valence-corrected chi connectivity index (χ4v) is 3.75. The first-order chi connectivity index (χ1) is 14.1. The number of hydrogen-bond donors (Lipinski definition) is 1. The average molecular weight is 392 g/mol. The molecule has 5 nitrogen and oxygen atoms in total. The molecule has 1 aliphatic rings. The number of carbonyl (C=O) groups is 2. The van der Waals surface area contributed by atoms with Gasteiger partial charge in [-0.1, -0.05) is 49.6 Å². The molecule has 2 aromatic rings. The van der Waals surface area contributed by atoms with Crippen molar-refractivity contribution in [3.63, 3.8) is 0 Å². The summed E-state index contributed by atoms with van der Waals surface area (Å²) in [7, 11) is 3.45. The van der Waals surface area contributed by atoms with Crippen LogP contribution in [0.5, 0.6) is 5.75 Å². The van der Waals surface area contributed by atoms with E-state index in [1.807, 2.05) is 48.3 Å². The maximum Gasteiger partial charge on any atom is 0.255 e. The van der Waals surface area contributed by atoms with Crippen molar-refractivity contribution in [2.45, 2.75) is 38.1 Å². The smallest absolute Gasteiger partial charge is 0.255 e. The van der Waals surface area contributed by atoms with E-state index >= 15 is 0 Å². The van der Waals surface area contributed by atoms with E-state index in [0.717, 1.165) is 31.2 Å². The Hall–Kier alpha value is -3.08. The van der Waals surface area contributed by atoms with Crippen LogP contribution in [0, 0.1) is 0 Å². The molecule has 1 aliphatic carbocycles. The first-order valence-corrected chi connectivity index (χ1v) is 10.1. The molecular formula is C24H28N2O3. The van der Waals surface area contributed by atoms with Crippen LogP contribution < -0.4 is 10.1 Å². The van der Waals surface area contributed by atoms with E-state index in [2.05, 4.69) is 5.32 Å². The van der Waals surface area contributed by atoms with Crippen molar-refractivity contribution >= 4 is 23.6 Å². The van der Waals surface area contributed by atoms with Crippen molar-refractivity contribution in [3.8, 4) is 5.75 Å². The third-order valence-corrected chi connectivity index (χ3v) is 5.41. The van der Waals surface area contributed by atoms with Gasteiger partial charge < -0.3 is 15.0 Å². The van der Waals surface area contributed by atoms with E-state index < -0.39 is 0 Å². The van der Waals surface area contributed by atoms with Crippen molar-refractivity contribution < 1.29 is 14.3 Å². The highest BCUT2D eigenvalue weighted by atomic mass is 16.5. The fourth-order valence-electron chi connectivity index (χ4n) is 3.75. The first-order valence-electron chi connectivity index (χ1n) is 10.1. The summed E-state index contributed by atoms with van der Waals surface area (Å²) in [5.74, 6) is 0.346. The number of nitrogens with zero attached hydrogens (tertiary/aromatic N) is 1. The first kappa shape index (κ1) is 20.6. The average Bonchev–Trinajstić information content (AvgIpc) is 2.78. The van der Waals surface area contributed by atoms with Gasteiger partial charge in [-0.3, -0.25) is 9.59 Å². The largest absolute Gasteiger partial charge is 0.496 e. The van der Waals surface area contributed by atoms with Crippen LogP contribution in [0.15, 0.2) is 54.6 Å². The van der Waals surface area contributed by atoms with E-state index in [-0.39, 0.29) is 17.9 Å². The van der Waals surface area contributed by atoms with E-state index in [1.165, 1.54) is 12.5 Å². The molecule has 1 N–H and O–H groups in total. The summed E-state index contributed by atoms with van der Waals surface area (Å²) >= 11 is 0. The molecule has 0 radical (unpaired) electrons. The van der Waals surface area contributed by atoms with Gasteiger partial charge in [-0.15, -0.1) is 0 Å². The van der Waals surface area contributed by atoms with Gasteiger partial charge in [-0.25, -0.2) is 0 Å². The van der Waals surface area contributed by atoms with Gasteiger partial charge in [0.05, 0.1) is 18.4 Å². The Morgan fingerprint density at radius 2 is 1.72 bits per heavy atom.